The number of aryl methyl sites for hydroxylation is 1. The topological polar surface area (TPSA) is 79.4 Å². The summed E-state index contributed by atoms with van der Waals surface area (Å²) < 4.78 is 7.37. The number of H-pyrrole nitrogens is 1. The van der Waals surface area contributed by atoms with Crippen molar-refractivity contribution in [3.05, 3.63) is 104 Å². The molecule has 5 rings (SSSR count). The van der Waals surface area contributed by atoms with Crippen molar-refractivity contribution in [1.29, 1.82) is 0 Å². The Morgan fingerprint density at radius 2 is 1.69 bits per heavy atom. The fraction of sp³-hybridized carbons (Fsp3) is 0.250. The van der Waals surface area contributed by atoms with Gasteiger partial charge in [-0.2, -0.15) is 0 Å². The molecular formula is C28H28N4O3S. The van der Waals surface area contributed by atoms with E-state index in [0.717, 1.165) is 35.4 Å². The molecule has 1 fully saturated rings. The SMILES string of the molecule is Cc1ccc(CNC(=O)c2ccc(Cn3c(=S)[nH]c4ccc(N5CCOCC5)cc4c3=O)cc2)cc1. The zero-order chi connectivity index (χ0) is 25.1. The Balaban J connectivity index is 1.32. The summed E-state index contributed by atoms with van der Waals surface area (Å²) in [5, 5.41) is 3.54. The lowest BCUT2D eigenvalue weighted by atomic mass is 10.1. The Morgan fingerprint density at radius 3 is 2.42 bits per heavy atom. The molecule has 0 atom stereocenters. The van der Waals surface area contributed by atoms with Crippen molar-refractivity contribution in [1.82, 2.24) is 14.9 Å². The Bertz CT molecular complexity index is 1500. The molecule has 7 nitrogen and oxygen atoms in total. The number of hydrogen-bond acceptors (Lipinski definition) is 5. The molecule has 0 spiro atoms. The van der Waals surface area contributed by atoms with Crippen LogP contribution in [0.1, 0.15) is 27.0 Å². The summed E-state index contributed by atoms with van der Waals surface area (Å²) in [6, 6.07) is 21.2. The van der Waals surface area contributed by atoms with E-state index >= 15 is 0 Å². The number of carbonyl (C=O) groups is 1. The highest BCUT2D eigenvalue weighted by Gasteiger charge is 2.14. The van der Waals surface area contributed by atoms with Crippen LogP contribution in [-0.4, -0.2) is 41.8 Å². The van der Waals surface area contributed by atoms with Crippen molar-refractivity contribution in [2.45, 2.75) is 20.0 Å². The van der Waals surface area contributed by atoms with Gasteiger partial charge < -0.3 is 19.9 Å². The van der Waals surface area contributed by atoms with Gasteiger partial charge in [0.15, 0.2) is 4.77 Å². The quantitative estimate of drug-likeness (QED) is 0.388. The Hall–Kier alpha value is -3.75. The van der Waals surface area contributed by atoms with Crippen LogP contribution in [-0.2, 0) is 17.8 Å². The van der Waals surface area contributed by atoms with E-state index in [2.05, 4.69) is 15.2 Å². The number of hydrogen-bond donors (Lipinski definition) is 2. The molecule has 2 N–H and O–H groups in total. The van der Waals surface area contributed by atoms with Crippen LogP contribution in [0.25, 0.3) is 10.9 Å². The second-order valence-electron chi connectivity index (χ2n) is 9.02. The molecule has 1 amide bonds. The average molecular weight is 501 g/mol. The molecule has 1 aliphatic rings. The van der Waals surface area contributed by atoms with Gasteiger partial charge >= 0.3 is 0 Å². The van der Waals surface area contributed by atoms with E-state index in [-0.39, 0.29) is 11.5 Å². The number of ether oxygens (including phenoxy) is 1. The van der Waals surface area contributed by atoms with Crippen molar-refractivity contribution in [2.75, 3.05) is 31.2 Å². The summed E-state index contributed by atoms with van der Waals surface area (Å²) >= 11 is 5.50. The monoisotopic (exact) mass is 500 g/mol. The lowest BCUT2D eigenvalue weighted by Crippen LogP contribution is -2.36. The van der Waals surface area contributed by atoms with Crippen LogP contribution in [0.15, 0.2) is 71.5 Å². The highest BCUT2D eigenvalue weighted by Crippen LogP contribution is 2.20. The van der Waals surface area contributed by atoms with Gasteiger partial charge in [0, 0.05) is 30.9 Å². The number of amides is 1. The number of carbonyl (C=O) groups excluding carboxylic acids is 1. The average Bonchev–Trinajstić information content (AvgIpc) is 2.91. The van der Waals surface area contributed by atoms with Crippen molar-refractivity contribution < 1.29 is 9.53 Å². The smallest absolute Gasteiger partial charge is 0.262 e. The van der Waals surface area contributed by atoms with E-state index in [1.165, 1.54) is 5.56 Å². The minimum atomic E-state index is -0.141. The second kappa shape index (κ2) is 10.5. The van der Waals surface area contributed by atoms with E-state index in [1.54, 1.807) is 16.7 Å². The van der Waals surface area contributed by atoms with Gasteiger partial charge in [-0.15, -0.1) is 0 Å². The molecule has 4 aromatic rings. The predicted molar refractivity (Wildman–Crippen MR) is 144 cm³/mol. The highest BCUT2D eigenvalue weighted by molar-refractivity contribution is 7.71. The largest absolute Gasteiger partial charge is 0.378 e. The lowest BCUT2D eigenvalue weighted by Gasteiger charge is -2.29. The molecule has 36 heavy (non-hydrogen) atoms. The molecule has 0 unspecified atom stereocenters. The fourth-order valence-corrected chi connectivity index (χ4v) is 4.59. The van der Waals surface area contributed by atoms with Gasteiger partial charge in [-0.1, -0.05) is 42.0 Å². The number of nitrogens with zero attached hydrogens (tertiary/aromatic N) is 2. The van der Waals surface area contributed by atoms with Crippen LogP contribution in [0.5, 0.6) is 0 Å². The lowest BCUT2D eigenvalue weighted by molar-refractivity contribution is 0.0951. The fourth-order valence-electron chi connectivity index (χ4n) is 4.33. The first-order valence-electron chi connectivity index (χ1n) is 12.0. The second-order valence-corrected chi connectivity index (χ2v) is 9.40. The standard InChI is InChI=1S/C28H28N4O3S/c1-19-2-4-20(5-3-19)17-29-26(33)22-8-6-21(7-9-22)18-32-27(34)24-16-23(31-12-14-35-15-13-31)10-11-25(24)30-28(32)36/h2-11,16H,12-15,17-18H2,1H3,(H,29,33)(H,30,36). The van der Waals surface area contributed by atoms with Crippen LogP contribution in [0.2, 0.25) is 0 Å². The molecule has 0 saturated carbocycles. The minimum Gasteiger partial charge on any atom is -0.378 e. The Labute approximate surface area is 214 Å². The Morgan fingerprint density at radius 1 is 1.00 bits per heavy atom. The maximum absolute atomic E-state index is 13.4. The first-order chi connectivity index (χ1) is 17.5. The third-order valence-corrected chi connectivity index (χ3v) is 6.79. The van der Waals surface area contributed by atoms with Crippen molar-refractivity contribution in [3.63, 3.8) is 0 Å². The van der Waals surface area contributed by atoms with Gasteiger partial charge in [-0.05, 0) is 60.6 Å². The summed E-state index contributed by atoms with van der Waals surface area (Å²) in [6.45, 7) is 5.78. The minimum absolute atomic E-state index is 0.135. The number of anilines is 1. The molecule has 1 aliphatic heterocycles. The van der Waals surface area contributed by atoms with E-state index in [9.17, 15) is 9.59 Å². The van der Waals surface area contributed by atoms with Crippen LogP contribution < -0.4 is 15.8 Å². The number of morpholine rings is 1. The van der Waals surface area contributed by atoms with Crippen molar-refractivity contribution >= 4 is 34.7 Å². The molecule has 0 radical (unpaired) electrons. The third-order valence-electron chi connectivity index (χ3n) is 6.47. The number of aromatic amines is 1. The Kier molecular flexibility index (Phi) is 6.97. The molecule has 2 heterocycles. The van der Waals surface area contributed by atoms with Crippen LogP contribution in [0.3, 0.4) is 0 Å². The van der Waals surface area contributed by atoms with Crippen LogP contribution in [0.4, 0.5) is 5.69 Å². The zero-order valence-electron chi connectivity index (χ0n) is 20.1. The molecule has 184 valence electrons. The van der Waals surface area contributed by atoms with Crippen LogP contribution >= 0.6 is 12.2 Å². The van der Waals surface area contributed by atoms with Gasteiger partial charge in [0.2, 0.25) is 0 Å². The van der Waals surface area contributed by atoms with E-state index < -0.39 is 0 Å². The van der Waals surface area contributed by atoms with Gasteiger partial charge in [0.25, 0.3) is 11.5 Å². The van der Waals surface area contributed by atoms with Crippen molar-refractivity contribution in [2.24, 2.45) is 0 Å². The summed E-state index contributed by atoms with van der Waals surface area (Å²) in [5.41, 5.74) is 5.27. The predicted octanol–water partition coefficient (Wildman–Crippen LogP) is 4.18. The number of aromatic nitrogens is 2. The molecular weight excluding hydrogens is 472 g/mol. The van der Waals surface area contributed by atoms with Crippen LogP contribution in [0, 0.1) is 11.7 Å². The van der Waals surface area contributed by atoms with Gasteiger partial charge in [-0.3, -0.25) is 14.2 Å². The van der Waals surface area contributed by atoms with E-state index in [4.69, 9.17) is 17.0 Å². The maximum atomic E-state index is 13.4. The van der Waals surface area contributed by atoms with Gasteiger partial charge in [0.05, 0.1) is 30.7 Å². The first kappa shape index (κ1) is 24.0. The van der Waals surface area contributed by atoms with E-state index in [1.807, 2.05) is 61.5 Å². The molecule has 3 aromatic carbocycles. The molecule has 0 aliphatic carbocycles. The highest BCUT2D eigenvalue weighted by atomic mass is 32.1. The van der Waals surface area contributed by atoms with Gasteiger partial charge in [-0.25, -0.2) is 0 Å². The summed E-state index contributed by atoms with van der Waals surface area (Å²) in [5.74, 6) is -0.141. The molecule has 0 bridgehead atoms. The number of rotatable bonds is 6. The molecule has 1 aromatic heterocycles. The van der Waals surface area contributed by atoms with Gasteiger partial charge in [0.1, 0.15) is 0 Å². The summed E-state index contributed by atoms with van der Waals surface area (Å²) in [6.07, 6.45) is 0. The number of nitrogens with one attached hydrogen (secondary N) is 2. The normalized spacial score (nSPS) is 13.6. The zero-order valence-corrected chi connectivity index (χ0v) is 20.9. The first-order valence-corrected chi connectivity index (χ1v) is 12.4. The summed E-state index contributed by atoms with van der Waals surface area (Å²) in [4.78, 5) is 31.4. The number of fused-ring (bicyclic) bond motifs is 1. The molecule has 1 saturated heterocycles. The maximum Gasteiger partial charge on any atom is 0.262 e. The number of benzene rings is 3. The van der Waals surface area contributed by atoms with Crippen molar-refractivity contribution in [3.8, 4) is 0 Å². The third kappa shape index (κ3) is 5.24. The molecule has 8 heteroatoms. The summed E-state index contributed by atoms with van der Waals surface area (Å²) in [7, 11) is 0. The van der Waals surface area contributed by atoms with E-state index in [0.29, 0.717) is 42.0 Å².